The van der Waals surface area contributed by atoms with Crippen molar-refractivity contribution >= 4 is 11.4 Å². The van der Waals surface area contributed by atoms with Crippen molar-refractivity contribution in [2.45, 2.75) is 13.3 Å². The monoisotopic (exact) mass is 213 g/mol. The summed E-state index contributed by atoms with van der Waals surface area (Å²) in [4.78, 5) is 4.27. The van der Waals surface area contributed by atoms with Gasteiger partial charge in [-0.2, -0.15) is 0 Å². The Kier molecular flexibility index (Phi) is 2.77. The first-order chi connectivity index (χ1) is 7.70. The van der Waals surface area contributed by atoms with Gasteiger partial charge in [-0.1, -0.05) is 13.0 Å². The van der Waals surface area contributed by atoms with E-state index in [-0.39, 0.29) is 0 Å². The molecule has 1 aromatic heterocycles. The molecule has 0 spiro atoms. The van der Waals surface area contributed by atoms with Gasteiger partial charge in [0.1, 0.15) is 0 Å². The van der Waals surface area contributed by atoms with Gasteiger partial charge in [0.2, 0.25) is 0 Å². The third kappa shape index (κ3) is 1.98. The molecule has 0 aliphatic carbocycles. The highest BCUT2D eigenvalue weighted by Crippen LogP contribution is 2.25. The number of aryl methyl sites for hydroxylation is 1. The topological polar surface area (TPSA) is 64.9 Å². The van der Waals surface area contributed by atoms with Crippen LogP contribution in [0.15, 0.2) is 36.5 Å². The van der Waals surface area contributed by atoms with Gasteiger partial charge in [-0.3, -0.25) is 4.98 Å². The molecule has 0 aliphatic heterocycles. The lowest BCUT2D eigenvalue weighted by molar-refractivity contribution is 1.04. The van der Waals surface area contributed by atoms with E-state index < -0.39 is 0 Å². The lowest BCUT2D eigenvalue weighted by Crippen LogP contribution is -1.94. The van der Waals surface area contributed by atoms with Crippen molar-refractivity contribution in [3.63, 3.8) is 0 Å². The van der Waals surface area contributed by atoms with E-state index in [1.54, 1.807) is 0 Å². The van der Waals surface area contributed by atoms with E-state index in [4.69, 9.17) is 11.5 Å². The zero-order chi connectivity index (χ0) is 11.5. The van der Waals surface area contributed by atoms with Gasteiger partial charge < -0.3 is 11.5 Å². The molecular weight excluding hydrogens is 198 g/mol. The normalized spacial score (nSPS) is 10.3. The van der Waals surface area contributed by atoms with Crippen molar-refractivity contribution in [1.29, 1.82) is 0 Å². The van der Waals surface area contributed by atoms with Crippen molar-refractivity contribution in [2.75, 3.05) is 11.5 Å². The number of nitrogens with zero attached hydrogens (tertiary/aromatic N) is 1. The maximum absolute atomic E-state index is 5.79. The van der Waals surface area contributed by atoms with Crippen LogP contribution in [0.1, 0.15) is 12.6 Å². The summed E-state index contributed by atoms with van der Waals surface area (Å²) < 4.78 is 0. The Bertz CT molecular complexity index is 506. The number of benzene rings is 1. The summed E-state index contributed by atoms with van der Waals surface area (Å²) >= 11 is 0. The van der Waals surface area contributed by atoms with Crippen LogP contribution in [0.5, 0.6) is 0 Å². The van der Waals surface area contributed by atoms with Crippen LogP contribution in [0.25, 0.3) is 11.1 Å². The first-order valence-electron chi connectivity index (χ1n) is 5.31. The smallest absolute Gasteiger partial charge is 0.0554 e. The van der Waals surface area contributed by atoms with Crippen LogP contribution in [0.2, 0.25) is 0 Å². The van der Waals surface area contributed by atoms with E-state index in [0.29, 0.717) is 11.4 Å². The van der Waals surface area contributed by atoms with Gasteiger partial charge in [-0.15, -0.1) is 0 Å². The third-order valence-electron chi connectivity index (χ3n) is 2.60. The van der Waals surface area contributed by atoms with E-state index in [1.165, 1.54) is 0 Å². The van der Waals surface area contributed by atoms with E-state index in [2.05, 4.69) is 18.0 Å². The number of aromatic nitrogens is 1. The number of rotatable bonds is 2. The lowest BCUT2D eigenvalue weighted by atomic mass is 10.0. The van der Waals surface area contributed by atoms with Crippen molar-refractivity contribution < 1.29 is 0 Å². The number of nitrogen functional groups attached to an aromatic ring is 2. The fourth-order valence-corrected chi connectivity index (χ4v) is 1.61. The predicted molar refractivity (Wildman–Crippen MR) is 67.9 cm³/mol. The summed E-state index contributed by atoms with van der Waals surface area (Å²) in [5.41, 5.74) is 16.0. The van der Waals surface area contributed by atoms with Crippen LogP contribution in [0, 0.1) is 0 Å². The molecule has 3 nitrogen and oxygen atoms in total. The standard InChI is InChI=1S/C13H15N3/c1-2-11-7-10(5-6-16-11)9-3-4-12(14)13(15)8-9/h3-8H,2,14-15H2,1H3. The molecule has 0 bridgehead atoms. The molecule has 0 saturated heterocycles. The zero-order valence-electron chi connectivity index (χ0n) is 9.27. The molecule has 0 radical (unpaired) electrons. The highest BCUT2D eigenvalue weighted by atomic mass is 14.7. The average Bonchev–Trinajstić information content (AvgIpc) is 2.33. The molecule has 2 rings (SSSR count). The highest BCUT2D eigenvalue weighted by Gasteiger charge is 2.01. The minimum absolute atomic E-state index is 0.618. The van der Waals surface area contributed by atoms with Crippen molar-refractivity contribution in [1.82, 2.24) is 4.98 Å². The molecule has 1 heterocycles. The number of anilines is 2. The highest BCUT2D eigenvalue weighted by molar-refractivity contribution is 5.74. The molecule has 0 unspecified atom stereocenters. The molecule has 0 amide bonds. The summed E-state index contributed by atoms with van der Waals surface area (Å²) in [7, 11) is 0. The molecule has 2 aromatic rings. The second-order valence-electron chi connectivity index (χ2n) is 3.73. The van der Waals surface area contributed by atoms with Gasteiger partial charge in [0.15, 0.2) is 0 Å². The van der Waals surface area contributed by atoms with Gasteiger partial charge in [-0.05, 0) is 41.8 Å². The zero-order valence-corrected chi connectivity index (χ0v) is 9.27. The second kappa shape index (κ2) is 4.23. The number of nitrogens with two attached hydrogens (primary N) is 2. The van der Waals surface area contributed by atoms with Crippen LogP contribution >= 0.6 is 0 Å². The summed E-state index contributed by atoms with van der Waals surface area (Å²) in [6, 6.07) is 9.75. The molecule has 0 saturated carbocycles. The Balaban J connectivity index is 2.46. The van der Waals surface area contributed by atoms with Crippen molar-refractivity contribution in [3.05, 3.63) is 42.2 Å². The number of hydrogen-bond acceptors (Lipinski definition) is 3. The molecule has 0 aliphatic rings. The maximum atomic E-state index is 5.79. The molecule has 3 heteroatoms. The molecule has 0 fully saturated rings. The molecule has 82 valence electrons. The van der Waals surface area contributed by atoms with Gasteiger partial charge in [0.05, 0.1) is 11.4 Å². The Morgan fingerprint density at radius 3 is 2.44 bits per heavy atom. The Hall–Kier alpha value is -2.03. The largest absolute Gasteiger partial charge is 0.397 e. The van der Waals surface area contributed by atoms with Crippen LogP contribution in [0.3, 0.4) is 0 Å². The maximum Gasteiger partial charge on any atom is 0.0554 e. The van der Waals surface area contributed by atoms with Gasteiger partial charge in [0, 0.05) is 11.9 Å². The SMILES string of the molecule is CCc1cc(-c2ccc(N)c(N)c2)ccn1. The van der Waals surface area contributed by atoms with Crippen LogP contribution in [-0.2, 0) is 6.42 Å². The molecule has 1 aromatic carbocycles. The quantitative estimate of drug-likeness (QED) is 0.753. The Morgan fingerprint density at radius 1 is 1.00 bits per heavy atom. The first kappa shape index (κ1) is 10.5. The molecule has 16 heavy (non-hydrogen) atoms. The fraction of sp³-hybridized carbons (Fsp3) is 0.154. The van der Waals surface area contributed by atoms with E-state index >= 15 is 0 Å². The Labute approximate surface area is 95.1 Å². The minimum atomic E-state index is 0.618. The van der Waals surface area contributed by atoms with Crippen molar-refractivity contribution in [2.24, 2.45) is 0 Å². The van der Waals surface area contributed by atoms with Crippen LogP contribution in [-0.4, -0.2) is 4.98 Å². The lowest BCUT2D eigenvalue weighted by Gasteiger charge is -2.06. The third-order valence-corrected chi connectivity index (χ3v) is 2.60. The van der Waals surface area contributed by atoms with Crippen LogP contribution < -0.4 is 11.5 Å². The Morgan fingerprint density at radius 2 is 1.75 bits per heavy atom. The fourth-order valence-electron chi connectivity index (χ4n) is 1.61. The summed E-state index contributed by atoms with van der Waals surface area (Å²) in [5.74, 6) is 0. The van der Waals surface area contributed by atoms with Gasteiger partial charge in [-0.25, -0.2) is 0 Å². The van der Waals surface area contributed by atoms with Crippen LogP contribution in [0.4, 0.5) is 11.4 Å². The predicted octanol–water partition coefficient (Wildman–Crippen LogP) is 2.48. The summed E-state index contributed by atoms with van der Waals surface area (Å²) in [6.07, 6.45) is 2.75. The van der Waals surface area contributed by atoms with E-state index in [9.17, 15) is 0 Å². The minimum Gasteiger partial charge on any atom is -0.397 e. The second-order valence-corrected chi connectivity index (χ2v) is 3.73. The van der Waals surface area contributed by atoms with Crippen molar-refractivity contribution in [3.8, 4) is 11.1 Å². The van der Waals surface area contributed by atoms with E-state index in [1.807, 2.05) is 30.5 Å². The number of pyridine rings is 1. The average molecular weight is 213 g/mol. The van der Waals surface area contributed by atoms with E-state index in [0.717, 1.165) is 23.2 Å². The summed E-state index contributed by atoms with van der Waals surface area (Å²) in [5, 5.41) is 0. The van der Waals surface area contributed by atoms with Gasteiger partial charge >= 0.3 is 0 Å². The van der Waals surface area contributed by atoms with Gasteiger partial charge in [0.25, 0.3) is 0 Å². The first-order valence-corrected chi connectivity index (χ1v) is 5.31. The molecular formula is C13H15N3. The number of hydrogen-bond donors (Lipinski definition) is 2. The molecule has 4 N–H and O–H groups in total. The molecule has 0 atom stereocenters. The summed E-state index contributed by atoms with van der Waals surface area (Å²) in [6.45, 7) is 2.09.